The smallest absolute Gasteiger partial charge is 0.263 e. The Bertz CT molecular complexity index is 1180. The molecule has 1 amide bonds. The first-order chi connectivity index (χ1) is 15.0. The van der Waals surface area contributed by atoms with Crippen LogP contribution in [0.3, 0.4) is 0 Å². The van der Waals surface area contributed by atoms with Crippen LogP contribution in [-0.2, 0) is 19.5 Å². The number of carbonyl (C=O) groups excluding carboxylic acids is 1. The van der Waals surface area contributed by atoms with E-state index in [1.807, 2.05) is 43.3 Å². The Kier molecular flexibility index (Phi) is 4.96. The molecule has 0 bridgehead atoms. The molecule has 3 heterocycles. The van der Waals surface area contributed by atoms with Gasteiger partial charge in [-0.2, -0.15) is 0 Å². The number of benzene rings is 1. The summed E-state index contributed by atoms with van der Waals surface area (Å²) in [6.45, 7) is 5.41. The Morgan fingerprint density at radius 3 is 2.65 bits per heavy atom. The van der Waals surface area contributed by atoms with Gasteiger partial charge in [0.05, 0.1) is 12.6 Å². The molecule has 7 nitrogen and oxygen atoms in total. The monoisotopic (exact) mass is 417 g/mol. The first-order valence-electron chi connectivity index (χ1n) is 11.0. The lowest BCUT2D eigenvalue weighted by Crippen LogP contribution is -2.43. The molecule has 1 aromatic carbocycles. The van der Waals surface area contributed by atoms with Gasteiger partial charge in [-0.05, 0) is 50.3 Å². The Hall–Kier alpha value is -3.22. The second kappa shape index (κ2) is 7.80. The normalized spacial score (nSPS) is 18.1. The highest BCUT2D eigenvalue weighted by Gasteiger charge is 2.36. The van der Waals surface area contributed by atoms with Crippen LogP contribution in [0.15, 0.2) is 47.4 Å². The quantitative estimate of drug-likeness (QED) is 0.640. The number of aryl methyl sites for hydroxylation is 3. The molecule has 0 unspecified atom stereocenters. The van der Waals surface area contributed by atoms with E-state index in [1.165, 1.54) is 18.4 Å². The van der Waals surface area contributed by atoms with Crippen LogP contribution in [0.4, 0.5) is 0 Å². The highest BCUT2D eigenvalue weighted by molar-refractivity contribution is 5.95. The minimum absolute atomic E-state index is 0.0997. The predicted molar refractivity (Wildman–Crippen MR) is 117 cm³/mol. The van der Waals surface area contributed by atoms with E-state index < -0.39 is 0 Å². The van der Waals surface area contributed by atoms with Crippen LogP contribution in [0.25, 0.3) is 0 Å². The minimum atomic E-state index is -0.223. The van der Waals surface area contributed by atoms with Crippen molar-refractivity contribution in [3.05, 3.63) is 81.3 Å². The van der Waals surface area contributed by atoms with Crippen LogP contribution in [0.5, 0.6) is 0 Å². The van der Waals surface area contributed by atoms with E-state index in [4.69, 9.17) is 0 Å². The summed E-state index contributed by atoms with van der Waals surface area (Å²) in [6.07, 6.45) is 4.86. The summed E-state index contributed by atoms with van der Waals surface area (Å²) >= 11 is 0. The fourth-order valence-corrected chi connectivity index (χ4v) is 4.49. The lowest BCUT2D eigenvalue weighted by Gasteiger charge is -2.33. The van der Waals surface area contributed by atoms with Crippen LogP contribution in [0, 0.1) is 6.92 Å². The number of hydrogen-bond donors (Lipinski definition) is 0. The van der Waals surface area contributed by atoms with Crippen molar-refractivity contribution in [1.29, 1.82) is 0 Å². The summed E-state index contributed by atoms with van der Waals surface area (Å²) in [6, 6.07) is 12.0. The average molecular weight is 418 g/mol. The van der Waals surface area contributed by atoms with Gasteiger partial charge in [-0.3, -0.25) is 9.59 Å². The topological polar surface area (TPSA) is 73.0 Å². The molecule has 160 valence electrons. The number of carbonyl (C=O) groups is 1. The zero-order valence-electron chi connectivity index (χ0n) is 18.0. The second-order valence-corrected chi connectivity index (χ2v) is 8.76. The van der Waals surface area contributed by atoms with Gasteiger partial charge in [0.15, 0.2) is 5.82 Å². The fraction of sp³-hybridized carbons (Fsp3) is 0.417. The maximum atomic E-state index is 13.4. The van der Waals surface area contributed by atoms with Crippen LogP contribution < -0.4 is 5.56 Å². The number of rotatable bonds is 5. The zero-order chi connectivity index (χ0) is 21.5. The van der Waals surface area contributed by atoms with Gasteiger partial charge in [0, 0.05) is 25.2 Å². The van der Waals surface area contributed by atoms with Crippen LogP contribution >= 0.6 is 0 Å². The number of pyridine rings is 1. The van der Waals surface area contributed by atoms with Gasteiger partial charge in [-0.15, -0.1) is 10.2 Å². The number of fused-ring (bicyclic) bond motifs is 1. The molecule has 5 rings (SSSR count). The predicted octanol–water partition coefficient (Wildman–Crippen LogP) is 3.09. The van der Waals surface area contributed by atoms with E-state index in [9.17, 15) is 9.59 Å². The van der Waals surface area contributed by atoms with Gasteiger partial charge in [-0.1, -0.05) is 30.3 Å². The molecule has 1 saturated carbocycles. The van der Waals surface area contributed by atoms with Gasteiger partial charge in [0.2, 0.25) is 0 Å². The molecule has 0 spiro atoms. The summed E-state index contributed by atoms with van der Waals surface area (Å²) < 4.78 is 3.84. The minimum Gasteiger partial charge on any atom is -0.329 e. The fourth-order valence-electron chi connectivity index (χ4n) is 4.49. The van der Waals surface area contributed by atoms with E-state index in [0.29, 0.717) is 31.1 Å². The van der Waals surface area contributed by atoms with Gasteiger partial charge in [-0.25, -0.2) is 0 Å². The molecule has 31 heavy (non-hydrogen) atoms. The van der Waals surface area contributed by atoms with Crippen LogP contribution in [0.2, 0.25) is 0 Å². The first-order valence-corrected chi connectivity index (χ1v) is 11.0. The van der Waals surface area contributed by atoms with Crippen molar-refractivity contribution in [2.45, 2.75) is 58.2 Å². The van der Waals surface area contributed by atoms with Crippen LogP contribution in [0.1, 0.15) is 64.9 Å². The number of nitrogens with zero attached hydrogens (tertiary/aromatic N) is 5. The summed E-state index contributed by atoms with van der Waals surface area (Å²) in [5.74, 6) is 2.16. The largest absolute Gasteiger partial charge is 0.329 e. The molecule has 0 saturated heterocycles. The summed E-state index contributed by atoms with van der Waals surface area (Å²) in [7, 11) is 0. The molecule has 1 aliphatic heterocycles. The van der Waals surface area contributed by atoms with Crippen molar-refractivity contribution >= 4 is 5.91 Å². The summed E-state index contributed by atoms with van der Waals surface area (Å²) in [5.41, 5.74) is 1.92. The van der Waals surface area contributed by atoms with Crippen molar-refractivity contribution in [2.75, 3.05) is 6.54 Å². The third kappa shape index (κ3) is 3.69. The number of aromatic nitrogens is 4. The molecular weight excluding hydrogens is 390 g/mol. The third-order valence-corrected chi connectivity index (χ3v) is 6.35. The van der Waals surface area contributed by atoms with E-state index in [-0.39, 0.29) is 23.1 Å². The molecule has 1 atom stereocenters. The SMILES string of the molecule is Cc1ccn(CCc2ccccc2)c(=O)c1C(=O)N1Cc2nnc(C3CC3)n2[C@@H](C)C1. The van der Waals surface area contributed by atoms with E-state index in [0.717, 1.165) is 18.1 Å². The molecule has 1 aliphatic carbocycles. The molecule has 1 fully saturated rings. The van der Waals surface area contributed by atoms with Crippen molar-refractivity contribution < 1.29 is 4.79 Å². The van der Waals surface area contributed by atoms with Crippen molar-refractivity contribution in [3.63, 3.8) is 0 Å². The van der Waals surface area contributed by atoms with Crippen molar-refractivity contribution in [1.82, 2.24) is 24.2 Å². The maximum Gasteiger partial charge on any atom is 0.263 e. The standard InChI is InChI=1S/C24H27N5O2/c1-16-10-12-27(13-11-18-6-4-3-5-7-18)23(30)21(16)24(31)28-14-17(2)29-20(15-28)25-26-22(29)19-8-9-19/h3-7,10,12,17,19H,8-9,11,13-15H2,1-2H3/t17-/m0/s1. The molecule has 2 aromatic heterocycles. The zero-order valence-corrected chi connectivity index (χ0v) is 18.0. The number of hydrogen-bond acceptors (Lipinski definition) is 4. The first kappa shape index (κ1) is 19.7. The Labute approximate surface area is 181 Å². The molecule has 2 aliphatic rings. The Morgan fingerprint density at radius 2 is 1.90 bits per heavy atom. The molecule has 3 aromatic rings. The average Bonchev–Trinajstić information content (AvgIpc) is 3.52. The Morgan fingerprint density at radius 1 is 1.13 bits per heavy atom. The van der Waals surface area contributed by atoms with Crippen molar-refractivity contribution in [3.8, 4) is 0 Å². The summed E-state index contributed by atoms with van der Waals surface area (Å²) in [4.78, 5) is 28.4. The number of amides is 1. The van der Waals surface area contributed by atoms with Gasteiger partial charge in [0.25, 0.3) is 11.5 Å². The van der Waals surface area contributed by atoms with E-state index >= 15 is 0 Å². The highest BCUT2D eigenvalue weighted by Crippen LogP contribution is 2.41. The molecule has 0 radical (unpaired) electrons. The van der Waals surface area contributed by atoms with Crippen LogP contribution in [-0.4, -0.2) is 36.7 Å². The lowest BCUT2D eigenvalue weighted by atomic mass is 10.1. The maximum absolute atomic E-state index is 13.4. The molecular formula is C24H27N5O2. The third-order valence-electron chi connectivity index (χ3n) is 6.35. The second-order valence-electron chi connectivity index (χ2n) is 8.76. The highest BCUT2D eigenvalue weighted by atomic mass is 16.2. The van der Waals surface area contributed by atoms with E-state index in [1.54, 1.807) is 15.7 Å². The van der Waals surface area contributed by atoms with E-state index in [2.05, 4.69) is 21.7 Å². The molecule has 7 heteroatoms. The van der Waals surface area contributed by atoms with Gasteiger partial charge < -0.3 is 14.0 Å². The Balaban J connectivity index is 1.39. The van der Waals surface area contributed by atoms with Crippen molar-refractivity contribution in [2.24, 2.45) is 0 Å². The molecule has 0 N–H and O–H groups in total. The summed E-state index contributed by atoms with van der Waals surface area (Å²) in [5, 5.41) is 8.74. The van der Waals surface area contributed by atoms with Gasteiger partial charge >= 0.3 is 0 Å². The van der Waals surface area contributed by atoms with Gasteiger partial charge in [0.1, 0.15) is 11.4 Å². The lowest BCUT2D eigenvalue weighted by molar-refractivity contribution is 0.0676.